The second kappa shape index (κ2) is 8.86. The highest BCUT2D eigenvalue weighted by molar-refractivity contribution is 6.04. The molecule has 29 heavy (non-hydrogen) atoms. The number of carbonyl (C=O) groups excluding carboxylic acids is 2. The first kappa shape index (κ1) is 20.5. The molecule has 2 aromatic heterocycles. The fourth-order valence-electron chi connectivity index (χ4n) is 2.95. The van der Waals surface area contributed by atoms with Crippen LogP contribution in [0.2, 0.25) is 0 Å². The first-order valence-corrected chi connectivity index (χ1v) is 9.80. The number of pyridine rings is 1. The zero-order chi connectivity index (χ0) is 21.0. The van der Waals surface area contributed by atoms with E-state index in [1.807, 2.05) is 58.0 Å². The Morgan fingerprint density at radius 3 is 2.55 bits per heavy atom. The van der Waals surface area contributed by atoms with E-state index in [4.69, 9.17) is 9.72 Å². The Labute approximate surface area is 170 Å². The molecule has 7 nitrogen and oxygen atoms in total. The van der Waals surface area contributed by atoms with Crippen LogP contribution in [-0.2, 0) is 9.53 Å². The van der Waals surface area contributed by atoms with E-state index in [0.29, 0.717) is 22.3 Å². The van der Waals surface area contributed by atoms with Gasteiger partial charge in [-0.15, -0.1) is 0 Å². The second-order valence-corrected chi connectivity index (χ2v) is 7.29. The summed E-state index contributed by atoms with van der Waals surface area (Å²) in [7, 11) is 0. The van der Waals surface area contributed by atoms with E-state index in [9.17, 15) is 9.59 Å². The van der Waals surface area contributed by atoms with Crippen molar-refractivity contribution in [2.24, 2.45) is 0 Å². The number of fused-ring (bicyclic) bond motifs is 1. The second-order valence-electron chi connectivity index (χ2n) is 7.29. The summed E-state index contributed by atoms with van der Waals surface area (Å²) in [6, 6.07) is 11.4. The Balaban J connectivity index is 1.95. The maximum Gasteiger partial charge on any atom is 0.339 e. The summed E-state index contributed by atoms with van der Waals surface area (Å²) in [5.41, 5.74) is 2.49. The number of amides is 1. The number of nitrogens with one attached hydrogen (secondary N) is 1. The van der Waals surface area contributed by atoms with Crippen LogP contribution in [0.4, 0.5) is 0 Å². The highest BCUT2D eigenvalue weighted by Gasteiger charge is 2.20. The molecule has 0 saturated heterocycles. The van der Waals surface area contributed by atoms with Gasteiger partial charge in [0.25, 0.3) is 5.91 Å². The summed E-state index contributed by atoms with van der Waals surface area (Å²) in [6.07, 6.45) is 2.42. The predicted molar refractivity (Wildman–Crippen MR) is 112 cm³/mol. The van der Waals surface area contributed by atoms with Gasteiger partial charge in [0.2, 0.25) is 0 Å². The standard InChI is InChI=1S/C22H26N4O3/c1-5-15(4)24-20(27)13-29-22(28)17-11-19(16-9-7-6-8-10-16)25-21-18(17)12-23-26(21)14(2)3/h6-12,14-15H,5,13H2,1-4H3,(H,24,27)/t15-/m0/s1. The van der Waals surface area contributed by atoms with Crippen molar-refractivity contribution in [1.82, 2.24) is 20.1 Å². The Morgan fingerprint density at radius 1 is 1.17 bits per heavy atom. The van der Waals surface area contributed by atoms with Crippen molar-refractivity contribution in [3.8, 4) is 11.3 Å². The fourth-order valence-corrected chi connectivity index (χ4v) is 2.95. The van der Waals surface area contributed by atoms with Gasteiger partial charge in [0.15, 0.2) is 12.3 Å². The molecule has 2 heterocycles. The van der Waals surface area contributed by atoms with Gasteiger partial charge in [-0.3, -0.25) is 4.79 Å². The zero-order valence-corrected chi connectivity index (χ0v) is 17.2. The minimum Gasteiger partial charge on any atom is -0.452 e. The molecule has 0 spiro atoms. The van der Waals surface area contributed by atoms with Gasteiger partial charge >= 0.3 is 5.97 Å². The SMILES string of the molecule is CC[C@H](C)NC(=O)COC(=O)c1cc(-c2ccccc2)nc2c1cnn2C(C)C. The van der Waals surface area contributed by atoms with Gasteiger partial charge in [-0.05, 0) is 33.3 Å². The molecular formula is C22H26N4O3. The van der Waals surface area contributed by atoms with E-state index in [1.165, 1.54) is 0 Å². The van der Waals surface area contributed by atoms with Crippen LogP contribution in [-0.4, -0.2) is 39.3 Å². The molecule has 0 aliphatic heterocycles. The molecule has 0 aliphatic rings. The molecular weight excluding hydrogens is 368 g/mol. The van der Waals surface area contributed by atoms with Gasteiger partial charge in [0.05, 0.1) is 22.8 Å². The number of hydrogen-bond acceptors (Lipinski definition) is 5. The first-order chi connectivity index (χ1) is 13.9. The van der Waals surface area contributed by atoms with Crippen molar-refractivity contribution in [3.63, 3.8) is 0 Å². The maximum atomic E-state index is 12.8. The Morgan fingerprint density at radius 2 is 1.90 bits per heavy atom. The van der Waals surface area contributed by atoms with Gasteiger partial charge < -0.3 is 10.1 Å². The highest BCUT2D eigenvalue weighted by Crippen LogP contribution is 2.26. The van der Waals surface area contributed by atoms with Gasteiger partial charge in [-0.25, -0.2) is 14.5 Å². The molecule has 1 N–H and O–H groups in total. The van der Waals surface area contributed by atoms with Crippen LogP contribution in [0, 0.1) is 0 Å². The fraction of sp³-hybridized carbons (Fsp3) is 0.364. The summed E-state index contributed by atoms with van der Waals surface area (Å²) >= 11 is 0. The molecule has 152 valence electrons. The van der Waals surface area contributed by atoms with Crippen molar-refractivity contribution < 1.29 is 14.3 Å². The molecule has 0 unspecified atom stereocenters. The average molecular weight is 394 g/mol. The Hall–Kier alpha value is -3.22. The lowest BCUT2D eigenvalue weighted by Gasteiger charge is -2.12. The lowest BCUT2D eigenvalue weighted by atomic mass is 10.1. The minimum atomic E-state index is -0.572. The molecule has 3 aromatic rings. The molecule has 1 amide bonds. The van der Waals surface area contributed by atoms with Gasteiger partial charge in [0.1, 0.15) is 0 Å². The molecule has 0 saturated carbocycles. The molecule has 7 heteroatoms. The topological polar surface area (TPSA) is 86.1 Å². The third kappa shape index (κ3) is 4.62. The first-order valence-electron chi connectivity index (χ1n) is 9.80. The lowest BCUT2D eigenvalue weighted by Crippen LogP contribution is -2.35. The quantitative estimate of drug-likeness (QED) is 0.617. The monoisotopic (exact) mass is 394 g/mol. The van der Waals surface area contributed by atoms with E-state index >= 15 is 0 Å². The Bertz CT molecular complexity index is 1010. The van der Waals surface area contributed by atoms with Crippen LogP contribution in [0.5, 0.6) is 0 Å². The lowest BCUT2D eigenvalue weighted by molar-refractivity contribution is -0.124. The van der Waals surface area contributed by atoms with E-state index in [2.05, 4.69) is 10.4 Å². The van der Waals surface area contributed by atoms with E-state index in [-0.39, 0.29) is 24.6 Å². The molecule has 3 rings (SSSR count). The van der Waals surface area contributed by atoms with Crippen LogP contribution in [0.1, 0.15) is 50.5 Å². The van der Waals surface area contributed by atoms with Crippen molar-refractivity contribution in [2.75, 3.05) is 6.61 Å². The summed E-state index contributed by atoms with van der Waals surface area (Å²) < 4.78 is 7.06. The molecule has 0 bridgehead atoms. The van der Waals surface area contributed by atoms with E-state index in [0.717, 1.165) is 12.0 Å². The third-order valence-electron chi connectivity index (χ3n) is 4.70. The van der Waals surface area contributed by atoms with Gasteiger partial charge in [0, 0.05) is 17.6 Å². The van der Waals surface area contributed by atoms with Crippen LogP contribution in [0.15, 0.2) is 42.6 Å². The van der Waals surface area contributed by atoms with Crippen LogP contribution in [0.3, 0.4) is 0 Å². The van der Waals surface area contributed by atoms with E-state index in [1.54, 1.807) is 16.9 Å². The van der Waals surface area contributed by atoms with Gasteiger partial charge in [-0.2, -0.15) is 5.10 Å². The number of carbonyl (C=O) groups is 2. The van der Waals surface area contributed by atoms with Crippen molar-refractivity contribution in [3.05, 3.63) is 48.2 Å². The summed E-state index contributed by atoms with van der Waals surface area (Å²) in [6.45, 7) is 7.55. The van der Waals surface area contributed by atoms with Crippen molar-refractivity contribution >= 4 is 22.9 Å². The molecule has 0 aliphatic carbocycles. The zero-order valence-electron chi connectivity index (χ0n) is 17.2. The third-order valence-corrected chi connectivity index (χ3v) is 4.70. The van der Waals surface area contributed by atoms with Gasteiger partial charge in [-0.1, -0.05) is 37.3 Å². The number of hydrogen-bond donors (Lipinski definition) is 1. The van der Waals surface area contributed by atoms with Crippen LogP contribution >= 0.6 is 0 Å². The Kier molecular flexibility index (Phi) is 6.26. The molecule has 1 aromatic carbocycles. The number of rotatable bonds is 7. The number of aromatic nitrogens is 3. The number of esters is 1. The molecule has 0 fully saturated rings. The maximum absolute atomic E-state index is 12.8. The summed E-state index contributed by atoms with van der Waals surface area (Å²) in [4.78, 5) is 29.5. The smallest absolute Gasteiger partial charge is 0.339 e. The number of nitrogens with zero attached hydrogens (tertiary/aromatic N) is 3. The predicted octanol–water partition coefficient (Wildman–Crippen LogP) is 3.75. The number of ether oxygens (including phenoxy) is 1. The van der Waals surface area contributed by atoms with Crippen LogP contribution in [0.25, 0.3) is 22.3 Å². The highest BCUT2D eigenvalue weighted by atomic mass is 16.5. The largest absolute Gasteiger partial charge is 0.452 e. The van der Waals surface area contributed by atoms with Crippen LogP contribution < -0.4 is 5.32 Å². The minimum absolute atomic E-state index is 0.0304. The van der Waals surface area contributed by atoms with Crippen molar-refractivity contribution in [2.45, 2.75) is 46.2 Å². The average Bonchev–Trinajstić information content (AvgIpc) is 3.16. The molecule has 1 atom stereocenters. The number of benzene rings is 1. The summed E-state index contributed by atoms with van der Waals surface area (Å²) in [5.74, 6) is -0.892. The van der Waals surface area contributed by atoms with Crippen molar-refractivity contribution in [1.29, 1.82) is 0 Å². The normalized spacial score (nSPS) is 12.2. The summed E-state index contributed by atoms with van der Waals surface area (Å²) in [5, 5.41) is 7.77. The molecule has 0 radical (unpaired) electrons. The van der Waals surface area contributed by atoms with E-state index < -0.39 is 5.97 Å².